The fourth-order valence-corrected chi connectivity index (χ4v) is 3.53. The summed E-state index contributed by atoms with van der Waals surface area (Å²) >= 11 is 0. The molecule has 6 nitrogen and oxygen atoms in total. The Kier molecular flexibility index (Phi) is 13.3. The number of nitrogens with one attached hydrogen (secondary N) is 1. The largest absolute Gasteiger partial charge is 0.381 e. The van der Waals surface area contributed by atoms with E-state index in [9.17, 15) is 4.79 Å². The van der Waals surface area contributed by atoms with Gasteiger partial charge in [-0.3, -0.25) is 9.69 Å². The third-order valence-corrected chi connectivity index (χ3v) is 5.27. The molecule has 2 aliphatic heterocycles. The monoisotopic (exact) mass is 454 g/mol. The maximum Gasteiger partial charge on any atom is 0.241 e. The Hall–Kier alpha value is -0.600. The van der Waals surface area contributed by atoms with Crippen LogP contribution in [-0.4, -0.2) is 68.2 Å². The number of carbonyl (C=O) groups is 1. The summed E-state index contributed by atoms with van der Waals surface area (Å²) in [6, 6.07) is 7.65. The summed E-state index contributed by atoms with van der Waals surface area (Å²) in [5, 5.41) is 2.99. The van der Waals surface area contributed by atoms with Crippen molar-refractivity contribution in [3.8, 4) is 0 Å². The van der Waals surface area contributed by atoms with Crippen molar-refractivity contribution in [3.63, 3.8) is 0 Å². The molecule has 1 amide bonds. The molecule has 0 aliphatic carbocycles. The van der Waals surface area contributed by atoms with Gasteiger partial charge in [0, 0.05) is 51.6 Å². The van der Waals surface area contributed by atoms with E-state index in [0.717, 1.165) is 51.3 Å². The normalized spacial score (nSPS) is 19.5. The number of nitrogens with zero attached hydrogens (tertiary/aromatic N) is 2. The van der Waals surface area contributed by atoms with Gasteiger partial charge in [0.1, 0.15) is 0 Å². The van der Waals surface area contributed by atoms with Crippen LogP contribution in [0.5, 0.6) is 0 Å². The van der Waals surface area contributed by atoms with Crippen LogP contribution in [0, 0.1) is 5.92 Å². The first-order chi connectivity index (χ1) is 12.1. The average molecular weight is 456 g/mol. The molecule has 2 aliphatic rings. The molecule has 0 saturated carbocycles. The number of halogens is 3. The molecule has 3 rings (SSSR count). The molecule has 1 aromatic carbocycles. The van der Waals surface area contributed by atoms with Crippen molar-refractivity contribution in [2.45, 2.75) is 25.4 Å². The van der Waals surface area contributed by atoms with E-state index >= 15 is 0 Å². The molecule has 1 atom stereocenters. The number of rotatable bonds is 5. The van der Waals surface area contributed by atoms with Crippen molar-refractivity contribution >= 4 is 48.8 Å². The van der Waals surface area contributed by atoms with E-state index in [4.69, 9.17) is 10.5 Å². The predicted octanol–water partition coefficient (Wildman–Crippen LogP) is 2.39. The lowest BCUT2D eigenvalue weighted by atomic mass is 9.92. The van der Waals surface area contributed by atoms with Crippen LogP contribution in [-0.2, 0) is 16.1 Å². The second-order valence-corrected chi connectivity index (χ2v) is 7.24. The van der Waals surface area contributed by atoms with Gasteiger partial charge in [-0.1, -0.05) is 12.1 Å². The summed E-state index contributed by atoms with van der Waals surface area (Å²) < 4.78 is 5.35. The maximum absolute atomic E-state index is 12.5. The number of amides is 1. The van der Waals surface area contributed by atoms with Gasteiger partial charge in [-0.15, -0.1) is 37.2 Å². The number of nitrogens with two attached hydrogens (primary N) is 1. The first-order valence-corrected chi connectivity index (χ1v) is 9.26. The van der Waals surface area contributed by atoms with E-state index in [0.29, 0.717) is 13.2 Å². The topological polar surface area (TPSA) is 70.8 Å². The van der Waals surface area contributed by atoms with E-state index in [2.05, 4.69) is 34.3 Å². The molecule has 1 aromatic rings. The SMILES string of the molecule is CN1CCN(Cc2cccc(NC(=O)C(N)C3CCOCC3)c2)CC1.Cl.Cl.Cl. The molecular formula is C19H33Cl3N4O2. The van der Waals surface area contributed by atoms with Gasteiger partial charge < -0.3 is 20.7 Å². The number of ether oxygens (including phenoxy) is 1. The molecule has 0 bridgehead atoms. The molecule has 1 unspecified atom stereocenters. The van der Waals surface area contributed by atoms with Gasteiger partial charge in [-0.25, -0.2) is 0 Å². The lowest BCUT2D eigenvalue weighted by Crippen LogP contribution is -2.44. The first-order valence-electron chi connectivity index (χ1n) is 9.26. The number of anilines is 1. The predicted molar refractivity (Wildman–Crippen MR) is 121 cm³/mol. The molecule has 0 radical (unpaired) electrons. The van der Waals surface area contributed by atoms with Gasteiger partial charge >= 0.3 is 0 Å². The van der Waals surface area contributed by atoms with Gasteiger partial charge in [0.25, 0.3) is 0 Å². The smallest absolute Gasteiger partial charge is 0.241 e. The molecule has 2 heterocycles. The molecule has 2 saturated heterocycles. The zero-order chi connectivity index (χ0) is 17.6. The number of benzene rings is 1. The maximum atomic E-state index is 12.5. The Balaban J connectivity index is 0.00000243. The van der Waals surface area contributed by atoms with Gasteiger partial charge in [0.15, 0.2) is 0 Å². The van der Waals surface area contributed by atoms with Crippen molar-refractivity contribution in [1.29, 1.82) is 0 Å². The number of likely N-dealkylation sites (N-methyl/N-ethyl adjacent to an activating group) is 1. The van der Waals surface area contributed by atoms with Crippen LogP contribution in [0.1, 0.15) is 18.4 Å². The van der Waals surface area contributed by atoms with Crippen molar-refractivity contribution in [1.82, 2.24) is 9.80 Å². The highest BCUT2D eigenvalue weighted by atomic mass is 35.5. The highest BCUT2D eigenvalue weighted by molar-refractivity contribution is 5.95. The van der Waals surface area contributed by atoms with E-state index < -0.39 is 6.04 Å². The van der Waals surface area contributed by atoms with E-state index in [1.54, 1.807) is 0 Å². The number of hydrogen-bond acceptors (Lipinski definition) is 5. The summed E-state index contributed by atoms with van der Waals surface area (Å²) in [7, 11) is 2.16. The lowest BCUT2D eigenvalue weighted by molar-refractivity contribution is -0.119. The third kappa shape index (κ3) is 8.03. The average Bonchev–Trinajstić information content (AvgIpc) is 2.64. The zero-order valence-electron chi connectivity index (χ0n) is 16.3. The minimum atomic E-state index is -0.467. The fourth-order valence-electron chi connectivity index (χ4n) is 3.53. The quantitative estimate of drug-likeness (QED) is 0.713. The number of hydrogen-bond donors (Lipinski definition) is 2. The molecule has 162 valence electrons. The van der Waals surface area contributed by atoms with E-state index in [1.165, 1.54) is 5.56 Å². The van der Waals surface area contributed by atoms with Gasteiger partial charge in [0.05, 0.1) is 6.04 Å². The zero-order valence-corrected chi connectivity index (χ0v) is 18.8. The highest BCUT2D eigenvalue weighted by Gasteiger charge is 2.26. The van der Waals surface area contributed by atoms with Crippen molar-refractivity contribution in [2.75, 3.05) is 51.8 Å². The minimum Gasteiger partial charge on any atom is -0.381 e. The van der Waals surface area contributed by atoms with E-state index in [-0.39, 0.29) is 49.0 Å². The van der Waals surface area contributed by atoms with Crippen LogP contribution in [0.15, 0.2) is 24.3 Å². The molecule has 3 N–H and O–H groups in total. The first kappa shape index (κ1) is 27.4. The third-order valence-electron chi connectivity index (χ3n) is 5.27. The van der Waals surface area contributed by atoms with Crippen LogP contribution in [0.3, 0.4) is 0 Å². The molecule has 9 heteroatoms. The molecule has 28 heavy (non-hydrogen) atoms. The van der Waals surface area contributed by atoms with Crippen molar-refractivity contribution in [3.05, 3.63) is 29.8 Å². The second kappa shape index (κ2) is 13.6. The van der Waals surface area contributed by atoms with Gasteiger partial charge in [0.2, 0.25) is 5.91 Å². The summed E-state index contributed by atoms with van der Waals surface area (Å²) in [5.41, 5.74) is 8.22. The minimum absolute atomic E-state index is 0. The van der Waals surface area contributed by atoms with Crippen molar-refractivity contribution < 1.29 is 9.53 Å². The molecule has 0 aromatic heterocycles. The summed E-state index contributed by atoms with van der Waals surface area (Å²) in [6.45, 7) is 6.71. The van der Waals surface area contributed by atoms with Crippen LogP contribution in [0.25, 0.3) is 0 Å². The Labute approximate surface area is 186 Å². The van der Waals surface area contributed by atoms with Crippen LogP contribution >= 0.6 is 37.2 Å². The Morgan fingerprint density at radius 3 is 2.46 bits per heavy atom. The van der Waals surface area contributed by atoms with E-state index in [1.807, 2.05) is 12.1 Å². The van der Waals surface area contributed by atoms with Gasteiger partial charge in [-0.2, -0.15) is 0 Å². The Morgan fingerprint density at radius 1 is 1.18 bits per heavy atom. The summed E-state index contributed by atoms with van der Waals surface area (Å²) in [4.78, 5) is 17.3. The molecule has 0 spiro atoms. The number of carbonyl (C=O) groups excluding carboxylic acids is 1. The fraction of sp³-hybridized carbons (Fsp3) is 0.632. The molecule has 2 fully saturated rings. The Bertz CT molecular complexity index is 580. The Morgan fingerprint density at radius 2 is 1.82 bits per heavy atom. The number of piperazine rings is 1. The van der Waals surface area contributed by atoms with Crippen LogP contribution < -0.4 is 11.1 Å². The summed E-state index contributed by atoms with van der Waals surface area (Å²) in [5.74, 6) is 0.117. The highest BCUT2D eigenvalue weighted by Crippen LogP contribution is 2.19. The van der Waals surface area contributed by atoms with Gasteiger partial charge in [-0.05, 0) is 43.5 Å². The summed E-state index contributed by atoms with van der Waals surface area (Å²) in [6.07, 6.45) is 1.72. The second-order valence-electron chi connectivity index (χ2n) is 7.24. The standard InChI is InChI=1S/C19H30N4O2.3ClH/c1-22-7-9-23(10-8-22)14-15-3-2-4-17(13-15)21-19(24)18(20)16-5-11-25-12-6-16;;;/h2-4,13,16,18H,5-12,14,20H2,1H3,(H,21,24);3*1H. The van der Waals surface area contributed by atoms with Crippen molar-refractivity contribution in [2.24, 2.45) is 11.7 Å². The van der Waals surface area contributed by atoms with Crippen LogP contribution in [0.4, 0.5) is 5.69 Å². The lowest BCUT2D eigenvalue weighted by Gasteiger charge is -2.32. The van der Waals surface area contributed by atoms with Crippen LogP contribution in [0.2, 0.25) is 0 Å². The molecular weight excluding hydrogens is 423 g/mol.